The van der Waals surface area contributed by atoms with Crippen LogP contribution in [0.4, 0.5) is 0 Å². The zero-order valence-corrected chi connectivity index (χ0v) is 12.7. The molecule has 1 amide bonds. The monoisotopic (exact) mass is 300 g/mol. The van der Waals surface area contributed by atoms with Gasteiger partial charge in [0.15, 0.2) is 5.69 Å². The van der Waals surface area contributed by atoms with E-state index in [1.165, 1.54) is 4.74 Å². The normalized spacial score (nSPS) is 15.6. The number of amides is 1. The minimum absolute atomic E-state index is 0.117. The Morgan fingerprint density at radius 2 is 1.68 bits per heavy atom. The van der Waals surface area contributed by atoms with E-state index in [1.807, 2.05) is 35.2 Å². The number of aryl methyl sites for hydroxylation is 1. The Morgan fingerprint density at radius 1 is 1.05 bits per heavy atom. The Hall–Kier alpha value is -2.30. The first-order valence-corrected chi connectivity index (χ1v) is 7.73. The van der Waals surface area contributed by atoms with Gasteiger partial charge in [0.2, 0.25) is 0 Å². The molecule has 1 aromatic heterocycles. The molecule has 5 nitrogen and oxygen atoms in total. The van der Waals surface area contributed by atoms with Crippen LogP contribution in [0.1, 0.15) is 36.2 Å². The van der Waals surface area contributed by atoms with Crippen LogP contribution in [0, 0.1) is 0 Å². The third-order valence-corrected chi connectivity index (χ3v) is 4.13. The molecule has 0 atom stereocenters. The molecule has 2 aromatic rings. The zero-order chi connectivity index (χ0) is 15.5. The summed E-state index contributed by atoms with van der Waals surface area (Å²) in [5.74, 6) is -0.117. The Morgan fingerprint density at radius 3 is 2.32 bits per heavy atom. The lowest BCUT2D eigenvalue weighted by Crippen LogP contribution is -2.33. The minimum atomic E-state index is -0.466. The van der Waals surface area contributed by atoms with Crippen molar-refractivity contribution in [2.45, 2.75) is 25.7 Å². The van der Waals surface area contributed by atoms with E-state index in [4.69, 9.17) is 4.52 Å². The van der Waals surface area contributed by atoms with Crippen molar-refractivity contribution in [3.63, 3.8) is 0 Å². The van der Waals surface area contributed by atoms with Crippen LogP contribution in [-0.2, 0) is 7.05 Å². The molecule has 0 saturated carbocycles. The van der Waals surface area contributed by atoms with Crippen LogP contribution >= 0.6 is 0 Å². The van der Waals surface area contributed by atoms with Crippen molar-refractivity contribution in [1.82, 2.24) is 9.64 Å². The largest absolute Gasteiger partial charge is 0.366 e. The van der Waals surface area contributed by atoms with Crippen molar-refractivity contribution in [2.75, 3.05) is 13.1 Å². The molecular weight excluding hydrogens is 280 g/mol. The number of hydrogen-bond donors (Lipinski definition) is 0. The molecule has 0 aliphatic carbocycles. The van der Waals surface area contributed by atoms with Crippen LogP contribution in [0.15, 0.2) is 39.6 Å². The highest BCUT2D eigenvalue weighted by Gasteiger charge is 2.27. The molecule has 0 radical (unpaired) electrons. The summed E-state index contributed by atoms with van der Waals surface area (Å²) in [6, 6.07) is 9.23. The summed E-state index contributed by atoms with van der Waals surface area (Å²) in [6.45, 7) is 1.48. The molecule has 0 N–H and O–H groups in total. The van der Waals surface area contributed by atoms with Gasteiger partial charge < -0.3 is 9.42 Å². The van der Waals surface area contributed by atoms with Crippen LogP contribution in [0.2, 0.25) is 0 Å². The average molecular weight is 300 g/mol. The van der Waals surface area contributed by atoms with Crippen molar-refractivity contribution in [1.29, 1.82) is 0 Å². The van der Waals surface area contributed by atoms with Gasteiger partial charge in [0.25, 0.3) is 5.91 Å². The van der Waals surface area contributed by atoms with Crippen molar-refractivity contribution in [3.05, 3.63) is 46.4 Å². The number of rotatable bonds is 2. The van der Waals surface area contributed by atoms with Crippen LogP contribution in [0.3, 0.4) is 0 Å². The molecule has 22 heavy (non-hydrogen) atoms. The summed E-state index contributed by atoms with van der Waals surface area (Å²) >= 11 is 0. The highest BCUT2D eigenvalue weighted by Crippen LogP contribution is 2.23. The van der Waals surface area contributed by atoms with E-state index in [9.17, 15) is 9.59 Å². The van der Waals surface area contributed by atoms with E-state index in [1.54, 1.807) is 7.05 Å². The maximum absolute atomic E-state index is 12.9. The summed E-state index contributed by atoms with van der Waals surface area (Å²) in [5, 5.41) is 0. The van der Waals surface area contributed by atoms with Gasteiger partial charge >= 0.3 is 5.63 Å². The predicted molar refractivity (Wildman–Crippen MR) is 83.8 cm³/mol. The van der Waals surface area contributed by atoms with Crippen LogP contribution in [0.5, 0.6) is 0 Å². The van der Waals surface area contributed by atoms with Crippen molar-refractivity contribution in [2.24, 2.45) is 7.05 Å². The fourth-order valence-corrected chi connectivity index (χ4v) is 2.99. The van der Waals surface area contributed by atoms with Gasteiger partial charge in [0.1, 0.15) is 5.56 Å². The molecule has 1 aliphatic rings. The number of nitrogens with zero attached hydrogens (tertiary/aromatic N) is 2. The zero-order valence-electron chi connectivity index (χ0n) is 12.7. The second kappa shape index (κ2) is 6.22. The lowest BCUT2D eigenvalue weighted by molar-refractivity contribution is 0.0739. The van der Waals surface area contributed by atoms with Crippen LogP contribution < -0.4 is 5.63 Å². The standard InChI is InChI=1S/C17H20N2O3/c1-18-15(16(20)19-11-7-2-3-8-12-19)14(17(21)22-18)13-9-5-4-6-10-13/h4-6,9-10H,2-3,7-8,11-12H2,1H3. The highest BCUT2D eigenvalue weighted by molar-refractivity contribution is 5.99. The predicted octanol–water partition coefficient (Wildman–Crippen LogP) is 2.66. The Balaban J connectivity index is 2.03. The number of carbonyl (C=O) groups is 1. The molecule has 2 heterocycles. The van der Waals surface area contributed by atoms with Gasteiger partial charge in [-0.2, -0.15) is 0 Å². The summed E-state index contributed by atoms with van der Waals surface area (Å²) < 4.78 is 6.46. The number of hydrogen-bond acceptors (Lipinski definition) is 3. The van der Waals surface area contributed by atoms with Gasteiger partial charge in [-0.05, 0) is 18.4 Å². The third kappa shape index (κ3) is 2.71. The quantitative estimate of drug-likeness (QED) is 0.857. The summed E-state index contributed by atoms with van der Waals surface area (Å²) in [4.78, 5) is 26.9. The Labute approximate surface area is 129 Å². The highest BCUT2D eigenvalue weighted by atomic mass is 16.5. The maximum Gasteiger partial charge on any atom is 0.366 e. The van der Waals surface area contributed by atoms with Crippen molar-refractivity contribution < 1.29 is 9.32 Å². The molecule has 5 heteroatoms. The second-order valence-corrected chi connectivity index (χ2v) is 5.67. The number of likely N-dealkylation sites (tertiary alicyclic amines) is 1. The molecule has 1 fully saturated rings. The van der Waals surface area contributed by atoms with Gasteiger partial charge in [-0.25, -0.2) is 9.53 Å². The van der Waals surface area contributed by atoms with E-state index in [0.717, 1.165) is 44.3 Å². The van der Waals surface area contributed by atoms with Gasteiger partial charge in [-0.1, -0.05) is 43.2 Å². The van der Waals surface area contributed by atoms with E-state index in [2.05, 4.69) is 0 Å². The minimum Gasteiger partial charge on any atom is -0.337 e. The molecule has 0 spiro atoms. The van der Waals surface area contributed by atoms with Gasteiger partial charge in [-0.15, -0.1) is 0 Å². The molecule has 1 saturated heterocycles. The first-order valence-electron chi connectivity index (χ1n) is 7.73. The molecule has 0 bridgehead atoms. The fraction of sp³-hybridized carbons (Fsp3) is 0.412. The summed E-state index contributed by atoms with van der Waals surface area (Å²) in [7, 11) is 1.61. The number of benzene rings is 1. The average Bonchev–Trinajstić information content (AvgIpc) is 2.72. The SMILES string of the molecule is Cn1oc(=O)c(-c2ccccc2)c1C(=O)N1CCCCCC1. The first-order chi connectivity index (χ1) is 10.7. The van der Waals surface area contributed by atoms with Crippen molar-refractivity contribution >= 4 is 5.91 Å². The fourth-order valence-electron chi connectivity index (χ4n) is 2.99. The van der Waals surface area contributed by atoms with Crippen molar-refractivity contribution in [3.8, 4) is 11.1 Å². The Kier molecular flexibility index (Phi) is 4.13. The molecule has 1 aromatic carbocycles. The van der Waals surface area contributed by atoms with E-state index >= 15 is 0 Å². The Bertz CT molecular complexity index is 707. The lowest BCUT2D eigenvalue weighted by atomic mass is 10.1. The molecule has 1 aliphatic heterocycles. The van der Waals surface area contributed by atoms with Gasteiger partial charge in [0, 0.05) is 20.1 Å². The summed E-state index contributed by atoms with van der Waals surface area (Å²) in [5.41, 5.74) is 0.956. The smallest absolute Gasteiger partial charge is 0.337 e. The topological polar surface area (TPSA) is 55.5 Å². The molecule has 116 valence electrons. The van der Waals surface area contributed by atoms with Crippen LogP contribution in [0.25, 0.3) is 11.1 Å². The van der Waals surface area contributed by atoms with E-state index < -0.39 is 5.63 Å². The van der Waals surface area contributed by atoms with Crippen LogP contribution in [-0.4, -0.2) is 28.6 Å². The molecular formula is C17H20N2O3. The number of aromatic nitrogens is 1. The summed E-state index contributed by atoms with van der Waals surface area (Å²) in [6.07, 6.45) is 4.33. The van der Waals surface area contributed by atoms with Gasteiger partial charge in [0.05, 0.1) is 0 Å². The molecule has 3 rings (SSSR count). The van der Waals surface area contributed by atoms with Gasteiger partial charge in [-0.3, -0.25) is 4.79 Å². The van der Waals surface area contributed by atoms with E-state index in [-0.39, 0.29) is 5.91 Å². The number of carbonyl (C=O) groups excluding carboxylic acids is 1. The second-order valence-electron chi connectivity index (χ2n) is 5.67. The third-order valence-electron chi connectivity index (χ3n) is 4.13. The lowest BCUT2D eigenvalue weighted by Gasteiger charge is -2.20. The maximum atomic E-state index is 12.9. The first kappa shape index (κ1) is 14.6. The molecule has 0 unspecified atom stereocenters. The van der Waals surface area contributed by atoms with E-state index in [0.29, 0.717) is 11.3 Å².